The van der Waals surface area contributed by atoms with Gasteiger partial charge in [-0.15, -0.1) is 0 Å². The molecule has 2 rings (SSSR count). The number of hydrogen-bond acceptors (Lipinski definition) is 4. The van der Waals surface area contributed by atoms with Gasteiger partial charge in [-0.05, 0) is 12.5 Å². The van der Waals surface area contributed by atoms with Gasteiger partial charge in [-0.2, -0.15) is 11.8 Å². The molecular formula is C14H16O3S. The summed E-state index contributed by atoms with van der Waals surface area (Å²) in [6.07, 6.45) is 2.24. The zero-order chi connectivity index (χ0) is 13.0. The van der Waals surface area contributed by atoms with Crippen LogP contribution in [0.1, 0.15) is 23.7 Å². The molecule has 1 heterocycles. The zero-order valence-corrected chi connectivity index (χ0v) is 11.1. The Morgan fingerprint density at radius 2 is 2.22 bits per heavy atom. The van der Waals surface area contributed by atoms with Gasteiger partial charge in [-0.1, -0.05) is 25.1 Å². The van der Waals surface area contributed by atoms with E-state index >= 15 is 0 Å². The highest BCUT2D eigenvalue weighted by Gasteiger charge is 2.14. The Kier molecular flexibility index (Phi) is 4.44. The summed E-state index contributed by atoms with van der Waals surface area (Å²) < 4.78 is 5.35. The van der Waals surface area contributed by atoms with Crippen molar-refractivity contribution in [3.8, 4) is 0 Å². The molecule has 4 heteroatoms. The lowest BCUT2D eigenvalue weighted by Gasteiger charge is -2.07. The van der Waals surface area contributed by atoms with E-state index in [0.29, 0.717) is 17.7 Å². The number of hydrogen-bond donors (Lipinski definition) is 1. The van der Waals surface area contributed by atoms with E-state index in [1.165, 1.54) is 6.26 Å². The minimum absolute atomic E-state index is 0.0785. The van der Waals surface area contributed by atoms with Crippen molar-refractivity contribution in [2.24, 2.45) is 0 Å². The molecule has 0 bridgehead atoms. The minimum atomic E-state index is 0.0785. The Labute approximate surface area is 110 Å². The summed E-state index contributed by atoms with van der Waals surface area (Å²) in [7, 11) is 0. The minimum Gasteiger partial charge on any atom is -0.464 e. The van der Waals surface area contributed by atoms with Gasteiger partial charge < -0.3 is 9.52 Å². The number of aliphatic hydroxyl groups is 1. The van der Waals surface area contributed by atoms with Crippen LogP contribution in [0.4, 0.5) is 0 Å². The maximum Gasteiger partial charge on any atom is 0.176 e. The number of fused-ring (bicyclic) bond motifs is 1. The number of carbonyl (C=O) groups excluding carboxylic acids is 1. The highest BCUT2D eigenvalue weighted by atomic mass is 32.2. The molecule has 0 spiro atoms. The molecule has 1 atom stereocenters. The molecular weight excluding hydrogens is 248 g/mol. The van der Waals surface area contributed by atoms with E-state index in [1.54, 1.807) is 11.8 Å². The van der Waals surface area contributed by atoms with Crippen LogP contribution in [0.2, 0.25) is 0 Å². The zero-order valence-electron chi connectivity index (χ0n) is 10.3. The summed E-state index contributed by atoms with van der Waals surface area (Å²) in [6, 6.07) is 7.54. The summed E-state index contributed by atoms with van der Waals surface area (Å²) in [4.78, 5) is 12.1. The number of ketones is 1. The summed E-state index contributed by atoms with van der Waals surface area (Å²) in [5.74, 6) is 0.500. The molecule has 0 aliphatic carbocycles. The van der Waals surface area contributed by atoms with Gasteiger partial charge in [0.1, 0.15) is 11.8 Å². The molecule has 18 heavy (non-hydrogen) atoms. The van der Waals surface area contributed by atoms with Gasteiger partial charge in [-0.3, -0.25) is 4.79 Å². The van der Waals surface area contributed by atoms with Gasteiger partial charge in [0.05, 0.1) is 11.3 Å². The lowest BCUT2D eigenvalue weighted by atomic mass is 10.1. The summed E-state index contributed by atoms with van der Waals surface area (Å²) >= 11 is 1.56. The van der Waals surface area contributed by atoms with Crippen molar-refractivity contribution < 1.29 is 14.3 Å². The van der Waals surface area contributed by atoms with Gasteiger partial charge in [-0.25, -0.2) is 0 Å². The first-order chi connectivity index (χ1) is 8.72. The van der Waals surface area contributed by atoms with E-state index in [1.807, 2.05) is 31.2 Å². The van der Waals surface area contributed by atoms with Crippen LogP contribution in [0.15, 0.2) is 34.9 Å². The molecule has 0 aliphatic heterocycles. The van der Waals surface area contributed by atoms with E-state index < -0.39 is 0 Å². The summed E-state index contributed by atoms with van der Waals surface area (Å²) in [5.41, 5.74) is 1.39. The van der Waals surface area contributed by atoms with Crippen LogP contribution in [0, 0.1) is 0 Å². The molecule has 0 saturated carbocycles. The van der Waals surface area contributed by atoms with Crippen molar-refractivity contribution in [1.82, 2.24) is 0 Å². The largest absolute Gasteiger partial charge is 0.464 e. The fraction of sp³-hybridized carbons (Fsp3) is 0.357. The molecule has 1 N–H and O–H groups in total. The number of Topliss-reactive ketones (excluding diaryl/α,β-unsaturated/α-hetero) is 1. The van der Waals surface area contributed by atoms with Crippen LogP contribution in [0.5, 0.6) is 0 Å². The van der Waals surface area contributed by atoms with Gasteiger partial charge in [0, 0.05) is 17.2 Å². The highest BCUT2D eigenvalue weighted by Crippen LogP contribution is 2.23. The number of benzene rings is 1. The molecule has 0 fully saturated rings. The lowest BCUT2D eigenvalue weighted by Crippen LogP contribution is -2.07. The molecule has 1 aromatic carbocycles. The molecule has 96 valence electrons. The highest BCUT2D eigenvalue weighted by molar-refractivity contribution is 8.00. The van der Waals surface area contributed by atoms with Gasteiger partial charge in [0.15, 0.2) is 5.78 Å². The van der Waals surface area contributed by atoms with E-state index in [2.05, 4.69) is 0 Å². The quantitative estimate of drug-likeness (QED) is 0.814. The molecule has 3 nitrogen and oxygen atoms in total. The van der Waals surface area contributed by atoms with E-state index in [0.717, 1.165) is 11.0 Å². The standard InChI is InChI=1S/C14H16O3S/c1-10(6-7-15)18-9-13(16)12-8-17-14-5-3-2-4-11(12)14/h2-5,8,10,15H,6-7,9H2,1H3. The van der Waals surface area contributed by atoms with Crippen LogP contribution in [0.3, 0.4) is 0 Å². The number of carbonyl (C=O) groups is 1. The second-order valence-corrected chi connectivity index (χ2v) is 5.63. The molecule has 0 radical (unpaired) electrons. The third-order valence-electron chi connectivity index (χ3n) is 2.82. The number of para-hydroxylation sites is 1. The summed E-state index contributed by atoms with van der Waals surface area (Å²) in [6.45, 7) is 2.18. The molecule has 0 aliphatic rings. The predicted molar refractivity (Wildman–Crippen MR) is 74.2 cm³/mol. The smallest absolute Gasteiger partial charge is 0.176 e. The van der Waals surface area contributed by atoms with E-state index in [4.69, 9.17) is 9.52 Å². The van der Waals surface area contributed by atoms with Crippen molar-refractivity contribution in [1.29, 1.82) is 0 Å². The molecule has 1 unspecified atom stereocenters. The van der Waals surface area contributed by atoms with Crippen LogP contribution < -0.4 is 0 Å². The second-order valence-electron chi connectivity index (χ2n) is 4.20. The third kappa shape index (κ3) is 2.94. The lowest BCUT2D eigenvalue weighted by molar-refractivity contribution is 0.102. The predicted octanol–water partition coefficient (Wildman–Crippen LogP) is 3.12. The number of furan rings is 1. The monoisotopic (exact) mass is 264 g/mol. The van der Waals surface area contributed by atoms with Crippen LogP contribution in [0.25, 0.3) is 11.0 Å². The molecule has 1 aromatic heterocycles. The van der Waals surface area contributed by atoms with E-state index in [9.17, 15) is 4.79 Å². The topological polar surface area (TPSA) is 50.4 Å². The van der Waals surface area contributed by atoms with Gasteiger partial charge in [0.2, 0.25) is 0 Å². The van der Waals surface area contributed by atoms with Crippen LogP contribution >= 0.6 is 11.8 Å². The third-order valence-corrected chi connectivity index (χ3v) is 4.05. The average Bonchev–Trinajstić information content (AvgIpc) is 2.80. The Morgan fingerprint density at radius 3 is 3.00 bits per heavy atom. The summed E-state index contributed by atoms with van der Waals surface area (Å²) in [5, 5.41) is 9.98. The van der Waals surface area contributed by atoms with Gasteiger partial charge in [0.25, 0.3) is 0 Å². The van der Waals surface area contributed by atoms with Gasteiger partial charge >= 0.3 is 0 Å². The second kappa shape index (κ2) is 6.07. The Balaban J connectivity index is 2.05. The van der Waals surface area contributed by atoms with Crippen molar-refractivity contribution in [2.75, 3.05) is 12.4 Å². The molecule has 0 saturated heterocycles. The molecule has 0 amide bonds. The number of aliphatic hydroxyl groups excluding tert-OH is 1. The average molecular weight is 264 g/mol. The SMILES string of the molecule is CC(CCO)SCC(=O)c1coc2ccccc12. The number of rotatable bonds is 6. The van der Waals surface area contributed by atoms with Crippen molar-refractivity contribution in [3.63, 3.8) is 0 Å². The normalized spacial score (nSPS) is 12.8. The van der Waals surface area contributed by atoms with Crippen LogP contribution in [-0.4, -0.2) is 28.5 Å². The Hall–Kier alpha value is -1.26. The maximum absolute atomic E-state index is 12.1. The van der Waals surface area contributed by atoms with Crippen molar-refractivity contribution in [2.45, 2.75) is 18.6 Å². The first-order valence-electron chi connectivity index (χ1n) is 5.94. The van der Waals surface area contributed by atoms with Crippen LogP contribution in [-0.2, 0) is 0 Å². The first kappa shape index (κ1) is 13.2. The van der Waals surface area contributed by atoms with E-state index in [-0.39, 0.29) is 17.6 Å². The number of thioether (sulfide) groups is 1. The van der Waals surface area contributed by atoms with Crippen molar-refractivity contribution in [3.05, 3.63) is 36.1 Å². The van der Waals surface area contributed by atoms with Crippen molar-refractivity contribution >= 4 is 28.5 Å². The Bertz CT molecular complexity index is 533. The Morgan fingerprint density at radius 1 is 1.44 bits per heavy atom. The molecule has 2 aromatic rings. The fourth-order valence-electron chi connectivity index (χ4n) is 1.75. The fourth-order valence-corrected chi connectivity index (χ4v) is 2.62. The first-order valence-corrected chi connectivity index (χ1v) is 6.99. The maximum atomic E-state index is 12.1.